The summed E-state index contributed by atoms with van der Waals surface area (Å²) in [6, 6.07) is 7.58. The van der Waals surface area contributed by atoms with Gasteiger partial charge in [0.05, 0.1) is 24.1 Å². The molecule has 8 nitrogen and oxygen atoms in total. The van der Waals surface area contributed by atoms with E-state index >= 15 is 0 Å². The van der Waals surface area contributed by atoms with Gasteiger partial charge in [-0.05, 0) is 55.4 Å². The van der Waals surface area contributed by atoms with Crippen molar-refractivity contribution >= 4 is 27.0 Å². The summed E-state index contributed by atoms with van der Waals surface area (Å²) in [5.74, 6) is 0.892. The highest BCUT2D eigenvalue weighted by atomic mass is 32.2. The zero-order valence-electron chi connectivity index (χ0n) is 16.4. The van der Waals surface area contributed by atoms with Crippen LogP contribution in [-0.2, 0) is 10.0 Å². The molecular weight excluding hydrogens is 414 g/mol. The highest BCUT2D eigenvalue weighted by molar-refractivity contribution is 7.89. The number of hydrogen-bond acceptors (Lipinski definition) is 7. The second-order valence-corrected chi connectivity index (χ2v) is 9.91. The minimum Gasteiger partial charge on any atom is -0.497 e. The molecule has 2 aromatic rings. The summed E-state index contributed by atoms with van der Waals surface area (Å²) in [5, 5.41) is 13.4. The predicted octanol–water partition coefficient (Wildman–Crippen LogP) is 3.42. The fourth-order valence-corrected chi connectivity index (χ4v) is 5.54. The third-order valence-corrected chi connectivity index (χ3v) is 7.69. The van der Waals surface area contributed by atoms with Gasteiger partial charge >= 0.3 is 0 Å². The largest absolute Gasteiger partial charge is 0.497 e. The van der Waals surface area contributed by atoms with E-state index in [4.69, 9.17) is 4.74 Å². The number of rotatable bonds is 8. The maximum atomic E-state index is 12.9. The molecule has 3 rings (SSSR count). The Balaban J connectivity index is 1.82. The topological polar surface area (TPSA) is 102 Å². The number of nitro groups is 1. The quantitative estimate of drug-likeness (QED) is 0.500. The normalized spacial score (nSPS) is 17.2. The summed E-state index contributed by atoms with van der Waals surface area (Å²) in [6.07, 6.45) is 2.14. The number of nitro benzene ring substituents is 1. The van der Waals surface area contributed by atoms with Crippen LogP contribution in [-0.4, -0.2) is 45.0 Å². The van der Waals surface area contributed by atoms with Crippen molar-refractivity contribution in [1.29, 1.82) is 0 Å². The number of likely N-dealkylation sites (tertiary alicyclic amines) is 1. The van der Waals surface area contributed by atoms with Crippen molar-refractivity contribution in [1.82, 2.24) is 9.62 Å². The first-order chi connectivity index (χ1) is 13.8. The lowest BCUT2D eigenvalue weighted by Crippen LogP contribution is -2.41. The Hall–Kier alpha value is -2.01. The van der Waals surface area contributed by atoms with Gasteiger partial charge in [0.25, 0.3) is 5.69 Å². The second-order valence-electron chi connectivity index (χ2n) is 7.19. The molecule has 1 N–H and O–H groups in total. The summed E-state index contributed by atoms with van der Waals surface area (Å²) in [5.41, 5.74) is -0.503. The van der Waals surface area contributed by atoms with E-state index in [1.807, 2.05) is 17.5 Å². The van der Waals surface area contributed by atoms with E-state index in [9.17, 15) is 18.5 Å². The molecule has 158 valence electrons. The molecule has 0 bridgehead atoms. The van der Waals surface area contributed by atoms with Crippen molar-refractivity contribution in [2.75, 3.05) is 26.7 Å². The van der Waals surface area contributed by atoms with Crippen molar-refractivity contribution in [2.24, 2.45) is 5.92 Å². The average molecular weight is 440 g/mol. The van der Waals surface area contributed by atoms with Crippen molar-refractivity contribution < 1.29 is 18.1 Å². The molecular formula is C19H25N3O5S2. The lowest BCUT2D eigenvalue weighted by molar-refractivity contribution is -0.387. The smallest absolute Gasteiger partial charge is 0.293 e. The molecule has 0 saturated carbocycles. The first-order valence-electron chi connectivity index (χ1n) is 9.41. The van der Waals surface area contributed by atoms with Crippen LogP contribution in [0.15, 0.2) is 40.6 Å². The van der Waals surface area contributed by atoms with Crippen LogP contribution in [0.1, 0.15) is 30.7 Å². The number of thiophene rings is 1. The number of hydrogen-bond donors (Lipinski definition) is 1. The van der Waals surface area contributed by atoms with E-state index in [0.29, 0.717) is 5.92 Å². The third-order valence-electron chi connectivity index (χ3n) is 5.25. The Morgan fingerprint density at radius 3 is 2.66 bits per heavy atom. The summed E-state index contributed by atoms with van der Waals surface area (Å²) in [4.78, 5) is 13.7. The van der Waals surface area contributed by atoms with Crippen LogP contribution in [0.25, 0.3) is 0 Å². The van der Waals surface area contributed by atoms with E-state index in [1.165, 1.54) is 19.2 Å². The molecule has 0 spiro atoms. The van der Waals surface area contributed by atoms with Gasteiger partial charge in [-0.1, -0.05) is 13.0 Å². The molecule has 0 amide bonds. The number of methoxy groups -OCH3 is 1. The van der Waals surface area contributed by atoms with Crippen molar-refractivity contribution in [2.45, 2.75) is 30.7 Å². The molecule has 10 heteroatoms. The van der Waals surface area contributed by atoms with Crippen LogP contribution >= 0.6 is 11.3 Å². The molecule has 1 fully saturated rings. The van der Waals surface area contributed by atoms with Gasteiger partial charge in [-0.3, -0.25) is 15.0 Å². The monoisotopic (exact) mass is 439 g/mol. The predicted molar refractivity (Wildman–Crippen MR) is 112 cm³/mol. The Labute approximate surface area is 174 Å². The fourth-order valence-electron chi connectivity index (χ4n) is 3.49. The summed E-state index contributed by atoms with van der Waals surface area (Å²) < 4.78 is 33.4. The van der Waals surface area contributed by atoms with Crippen molar-refractivity contribution in [3.8, 4) is 5.75 Å². The molecule has 1 aliphatic heterocycles. The Bertz CT molecular complexity index is 939. The van der Waals surface area contributed by atoms with Crippen molar-refractivity contribution in [3.05, 3.63) is 50.7 Å². The van der Waals surface area contributed by atoms with Crippen molar-refractivity contribution in [3.63, 3.8) is 0 Å². The number of piperidine rings is 1. The van der Waals surface area contributed by atoms with Crippen LogP contribution in [0.2, 0.25) is 0 Å². The SMILES string of the molecule is COc1ccc(S(=O)(=O)NCC(c2cccs2)N2CCC(C)CC2)c([N+](=O)[O-])c1. The zero-order valence-corrected chi connectivity index (χ0v) is 18.0. The van der Waals surface area contributed by atoms with Gasteiger partial charge in [0.15, 0.2) is 4.90 Å². The summed E-state index contributed by atoms with van der Waals surface area (Å²) in [6.45, 7) is 4.17. The minimum atomic E-state index is -4.07. The van der Waals surface area contributed by atoms with Gasteiger partial charge in [-0.25, -0.2) is 13.1 Å². The number of ether oxygens (including phenoxy) is 1. The Kier molecular flexibility index (Phi) is 6.89. The Morgan fingerprint density at radius 2 is 2.07 bits per heavy atom. The summed E-state index contributed by atoms with van der Waals surface area (Å²) >= 11 is 1.58. The van der Waals surface area contributed by atoms with Gasteiger partial charge < -0.3 is 4.74 Å². The number of nitrogens with one attached hydrogen (secondary N) is 1. The second kappa shape index (κ2) is 9.21. The van der Waals surface area contributed by atoms with Gasteiger partial charge in [-0.2, -0.15) is 0 Å². The molecule has 0 radical (unpaired) electrons. The molecule has 1 aromatic heterocycles. The van der Waals surface area contributed by atoms with Crippen LogP contribution in [0.4, 0.5) is 5.69 Å². The summed E-state index contributed by atoms with van der Waals surface area (Å²) in [7, 11) is -2.69. The first-order valence-corrected chi connectivity index (χ1v) is 11.8. The van der Waals surface area contributed by atoms with Gasteiger partial charge in [-0.15, -0.1) is 11.3 Å². The minimum absolute atomic E-state index is 0.102. The van der Waals surface area contributed by atoms with E-state index < -0.39 is 20.6 Å². The average Bonchev–Trinajstić information content (AvgIpc) is 3.23. The Morgan fingerprint density at radius 1 is 1.34 bits per heavy atom. The maximum Gasteiger partial charge on any atom is 0.293 e. The van der Waals surface area contributed by atoms with Crippen LogP contribution in [0.3, 0.4) is 0 Å². The van der Waals surface area contributed by atoms with Gasteiger partial charge in [0.2, 0.25) is 10.0 Å². The fraction of sp³-hybridized carbons (Fsp3) is 0.474. The third kappa shape index (κ3) is 5.13. The lowest BCUT2D eigenvalue weighted by Gasteiger charge is -2.36. The van der Waals surface area contributed by atoms with E-state index in [0.717, 1.165) is 36.9 Å². The molecule has 0 aliphatic carbocycles. The molecule has 1 aromatic carbocycles. The highest BCUT2D eigenvalue weighted by Gasteiger charge is 2.30. The molecule has 1 atom stereocenters. The lowest BCUT2D eigenvalue weighted by atomic mass is 9.97. The molecule has 1 aliphatic rings. The standard InChI is InChI=1S/C19H25N3O5S2/c1-14-7-9-21(10-8-14)17(18-4-3-11-28-18)13-20-29(25,26)19-6-5-15(27-2)12-16(19)22(23)24/h3-6,11-12,14,17,20H,7-10,13H2,1-2H3. The van der Waals surface area contributed by atoms with Gasteiger partial charge in [0, 0.05) is 11.4 Å². The van der Waals surface area contributed by atoms with Crippen LogP contribution < -0.4 is 9.46 Å². The van der Waals surface area contributed by atoms with E-state index in [-0.39, 0.29) is 23.2 Å². The van der Waals surface area contributed by atoms with Crippen LogP contribution in [0.5, 0.6) is 5.75 Å². The molecule has 29 heavy (non-hydrogen) atoms. The maximum absolute atomic E-state index is 12.9. The molecule has 2 heterocycles. The molecule has 1 saturated heterocycles. The highest BCUT2D eigenvalue weighted by Crippen LogP contribution is 2.31. The van der Waals surface area contributed by atoms with E-state index in [1.54, 1.807) is 11.3 Å². The van der Waals surface area contributed by atoms with E-state index in [2.05, 4.69) is 16.5 Å². The zero-order chi connectivity index (χ0) is 21.0. The van der Waals surface area contributed by atoms with Crippen LogP contribution in [0, 0.1) is 16.0 Å². The number of sulfonamides is 1. The molecule has 1 unspecified atom stereocenters. The van der Waals surface area contributed by atoms with Gasteiger partial charge in [0.1, 0.15) is 5.75 Å². The first kappa shape index (κ1) is 21.7. The number of nitrogens with zero attached hydrogens (tertiary/aromatic N) is 2. The number of benzene rings is 1.